The summed E-state index contributed by atoms with van der Waals surface area (Å²) in [5.41, 5.74) is 2.43. The molecule has 4 nitrogen and oxygen atoms in total. The van der Waals surface area contributed by atoms with E-state index in [-0.39, 0.29) is 17.5 Å². The maximum Gasteiger partial charge on any atom is 0.263 e. The van der Waals surface area contributed by atoms with Crippen LogP contribution in [0.15, 0.2) is 83.7 Å². The van der Waals surface area contributed by atoms with Gasteiger partial charge in [0.15, 0.2) is 0 Å². The number of amides is 1. The van der Waals surface area contributed by atoms with Gasteiger partial charge >= 0.3 is 0 Å². The molecule has 0 saturated carbocycles. The third kappa shape index (κ3) is 3.87. The molecule has 0 unspecified atom stereocenters. The Labute approximate surface area is 186 Å². The van der Waals surface area contributed by atoms with Gasteiger partial charge in [0.1, 0.15) is 0 Å². The van der Waals surface area contributed by atoms with E-state index in [0.717, 1.165) is 12.0 Å². The summed E-state index contributed by atoms with van der Waals surface area (Å²) in [5, 5.41) is 4.72. The molecule has 3 aromatic carbocycles. The highest BCUT2D eigenvalue weighted by molar-refractivity contribution is 6.32. The number of fused-ring (bicyclic) bond motifs is 1. The van der Waals surface area contributed by atoms with Gasteiger partial charge in [0.2, 0.25) is 0 Å². The molecule has 0 saturated heterocycles. The average molecular weight is 431 g/mol. The molecule has 0 spiro atoms. The van der Waals surface area contributed by atoms with Gasteiger partial charge in [-0.1, -0.05) is 79.2 Å². The standard InChI is InChI=1S/C26H23ClN2O2/c1-3-22(18-11-5-4-6-12-18)28-25(30)24-17(2)29(23-16-10-9-15-21(23)27)26(31)20-14-8-7-13-19(20)24/h4-16,22H,3H2,1-2H3,(H,28,30)/t22-/m0/s1. The lowest BCUT2D eigenvalue weighted by molar-refractivity contribution is 0.0936. The van der Waals surface area contributed by atoms with Crippen LogP contribution >= 0.6 is 11.6 Å². The van der Waals surface area contributed by atoms with Crippen molar-refractivity contribution in [3.05, 3.63) is 111 Å². The number of hydrogen-bond acceptors (Lipinski definition) is 2. The first kappa shape index (κ1) is 20.9. The predicted octanol–water partition coefficient (Wildman–Crippen LogP) is 5.83. The maximum absolute atomic E-state index is 13.5. The van der Waals surface area contributed by atoms with E-state index in [1.54, 1.807) is 31.2 Å². The van der Waals surface area contributed by atoms with Gasteiger partial charge in [-0.05, 0) is 37.1 Å². The molecule has 1 atom stereocenters. The van der Waals surface area contributed by atoms with Crippen molar-refractivity contribution in [2.24, 2.45) is 0 Å². The van der Waals surface area contributed by atoms with Crippen molar-refractivity contribution in [1.82, 2.24) is 9.88 Å². The van der Waals surface area contributed by atoms with Gasteiger partial charge in [0.05, 0.1) is 22.3 Å². The van der Waals surface area contributed by atoms with Crippen LogP contribution in [0.4, 0.5) is 0 Å². The number of rotatable bonds is 5. The minimum atomic E-state index is -0.217. The summed E-state index contributed by atoms with van der Waals surface area (Å²) in [6.07, 6.45) is 0.747. The zero-order valence-electron chi connectivity index (χ0n) is 17.4. The number of pyridine rings is 1. The van der Waals surface area contributed by atoms with E-state index in [1.807, 2.05) is 61.5 Å². The van der Waals surface area contributed by atoms with Crippen molar-refractivity contribution in [3.63, 3.8) is 0 Å². The number of benzene rings is 3. The molecule has 4 aromatic rings. The number of carbonyl (C=O) groups excluding carboxylic acids is 1. The Balaban J connectivity index is 1.90. The summed E-state index contributed by atoms with van der Waals surface area (Å²) < 4.78 is 1.53. The Hall–Kier alpha value is -3.37. The van der Waals surface area contributed by atoms with E-state index in [1.165, 1.54) is 4.57 Å². The highest BCUT2D eigenvalue weighted by Gasteiger charge is 2.23. The van der Waals surface area contributed by atoms with Gasteiger partial charge in [-0.15, -0.1) is 0 Å². The summed E-state index contributed by atoms with van der Waals surface area (Å²) in [6, 6.07) is 24.1. The van der Waals surface area contributed by atoms with E-state index < -0.39 is 0 Å². The number of halogens is 1. The van der Waals surface area contributed by atoms with Gasteiger partial charge in [0.25, 0.3) is 11.5 Å². The highest BCUT2D eigenvalue weighted by atomic mass is 35.5. The molecule has 1 amide bonds. The molecule has 156 valence electrons. The Morgan fingerprint density at radius 1 is 0.935 bits per heavy atom. The van der Waals surface area contributed by atoms with E-state index in [4.69, 9.17) is 11.6 Å². The lowest BCUT2D eigenvalue weighted by Gasteiger charge is -2.21. The molecule has 0 aliphatic rings. The molecule has 4 rings (SSSR count). The van der Waals surface area contributed by atoms with Crippen LogP contribution < -0.4 is 10.9 Å². The second-order valence-electron chi connectivity index (χ2n) is 7.44. The minimum absolute atomic E-state index is 0.132. The monoisotopic (exact) mass is 430 g/mol. The predicted molar refractivity (Wildman–Crippen MR) is 126 cm³/mol. The SMILES string of the molecule is CC[C@H](NC(=O)c1c(C)n(-c2ccccc2Cl)c(=O)c2ccccc12)c1ccccc1. The van der Waals surface area contributed by atoms with Crippen LogP contribution in [0.1, 0.15) is 41.0 Å². The summed E-state index contributed by atoms with van der Waals surface area (Å²) in [6.45, 7) is 3.82. The van der Waals surface area contributed by atoms with Gasteiger partial charge in [-0.25, -0.2) is 0 Å². The van der Waals surface area contributed by atoms with Crippen LogP contribution in [-0.2, 0) is 0 Å². The van der Waals surface area contributed by atoms with E-state index >= 15 is 0 Å². The molecule has 0 aliphatic carbocycles. The Morgan fingerprint density at radius 2 is 1.55 bits per heavy atom. The van der Waals surface area contributed by atoms with Crippen LogP contribution in [0.2, 0.25) is 5.02 Å². The minimum Gasteiger partial charge on any atom is -0.345 e. The second-order valence-corrected chi connectivity index (χ2v) is 7.85. The van der Waals surface area contributed by atoms with Crippen molar-refractivity contribution in [1.29, 1.82) is 0 Å². The van der Waals surface area contributed by atoms with Crippen molar-refractivity contribution in [2.75, 3.05) is 0 Å². The first-order chi connectivity index (χ1) is 15.0. The van der Waals surface area contributed by atoms with Crippen LogP contribution in [0.5, 0.6) is 0 Å². The van der Waals surface area contributed by atoms with Crippen molar-refractivity contribution >= 4 is 28.3 Å². The van der Waals surface area contributed by atoms with E-state index in [0.29, 0.717) is 32.7 Å². The Morgan fingerprint density at radius 3 is 2.23 bits per heavy atom. The van der Waals surface area contributed by atoms with Crippen LogP contribution in [0, 0.1) is 6.92 Å². The number of para-hydroxylation sites is 1. The fourth-order valence-corrected chi connectivity index (χ4v) is 4.23. The topological polar surface area (TPSA) is 51.1 Å². The molecule has 5 heteroatoms. The molecule has 1 aromatic heterocycles. The highest BCUT2D eigenvalue weighted by Crippen LogP contribution is 2.26. The lowest BCUT2D eigenvalue weighted by Crippen LogP contribution is -2.32. The molecular formula is C26H23ClN2O2. The largest absolute Gasteiger partial charge is 0.345 e. The average Bonchev–Trinajstić information content (AvgIpc) is 2.79. The molecular weight excluding hydrogens is 408 g/mol. The number of carbonyl (C=O) groups is 1. The van der Waals surface area contributed by atoms with Crippen LogP contribution in [0.3, 0.4) is 0 Å². The quantitative estimate of drug-likeness (QED) is 0.432. The Bertz CT molecular complexity index is 1310. The number of hydrogen-bond donors (Lipinski definition) is 1. The maximum atomic E-state index is 13.5. The van der Waals surface area contributed by atoms with Crippen LogP contribution in [0.25, 0.3) is 16.5 Å². The number of aromatic nitrogens is 1. The summed E-state index contributed by atoms with van der Waals surface area (Å²) in [4.78, 5) is 26.9. The van der Waals surface area contributed by atoms with Crippen LogP contribution in [-0.4, -0.2) is 10.5 Å². The van der Waals surface area contributed by atoms with Crippen molar-refractivity contribution in [2.45, 2.75) is 26.3 Å². The molecule has 0 radical (unpaired) electrons. The molecule has 1 N–H and O–H groups in total. The number of nitrogens with one attached hydrogen (secondary N) is 1. The second kappa shape index (κ2) is 8.78. The van der Waals surface area contributed by atoms with E-state index in [9.17, 15) is 9.59 Å². The van der Waals surface area contributed by atoms with Crippen molar-refractivity contribution in [3.8, 4) is 5.69 Å². The third-order valence-electron chi connectivity index (χ3n) is 5.56. The zero-order valence-corrected chi connectivity index (χ0v) is 18.2. The Kier molecular flexibility index (Phi) is 5.92. The third-order valence-corrected chi connectivity index (χ3v) is 5.88. The smallest absolute Gasteiger partial charge is 0.263 e. The summed E-state index contributed by atoms with van der Waals surface area (Å²) >= 11 is 6.41. The van der Waals surface area contributed by atoms with Crippen molar-refractivity contribution < 1.29 is 4.79 Å². The lowest BCUT2D eigenvalue weighted by atomic mass is 10.0. The first-order valence-corrected chi connectivity index (χ1v) is 10.7. The normalized spacial score (nSPS) is 12.0. The van der Waals surface area contributed by atoms with Gasteiger partial charge < -0.3 is 5.32 Å². The summed E-state index contributed by atoms with van der Waals surface area (Å²) in [5.74, 6) is -0.217. The number of nitrogens with zero attached hydrogens (tertiary/aromatic N) is 1. The fourth-order valence-electron chi connectivity index (χ4n) is 4.01. The zero-order chi connectivity index (χ0) is 22.0. The van der Waals surface area contributed by atoms with Gasteiger partial charge in [-0.2, -0.15) is 0 Å². The van der Waals surface area contributed by atoms with Gasteiger partial charge in [0, 0.05) is 16.5 Å². The molecule has 1 heterocycles. The first-order valence-electron chi connectivity index (χ1n) is 10.3. The van der Waals surface area contributed by atoms with E-state index in [2.05, 4.69) is 5.32 Å². The summed E-state index contributed by atoms with van der Waals surface area (Å²) in [7, 11) is 0. The fraction of sp³-hybridized carbons (Fsp3) is 0.154. The van der Waals surface area contributed by atoms with Gasteiger partial charge in [-0.3, -0.25) is 14.2 Å². The molecule has 0 bridgehead atoms. The molecule has 0 aliphatic heterocycles. The molecule has 31 heavy (non-hydrogen) atoms. The molecule has 0 fully saturated rings.